The van der Waals surface area contributed by atoms with Crippen LogP contribution in [0.25, 0.3) is 0 Å². The zero-order chi connectivity index (χ0) is 12.3. The highest BCUT2D eigenvalue weighted by atomic mass is 19.2. The smallest absolute Gasteiger partial charge is 0.200 e. The van der Waals surface area contributed by atoms with Crippen molar-refractivity contribution in [1.82, 2.24) is 0 Å². The maximum Gasteiger partial charge on any atom is 0.200 e. The number of nitrogens with two attached hydrogens (primary N) is 1. The van der Waals surface area contributed by atoms with Gasteiger partial charge in [0.2, 0.25) is 5.82 Å². The number of halogens is 2. The zero-order valence-electron chi connectivity index (χ0n) is 9.66. The van der Waals surface area contributed by atoms with Crippen LogP contribution in [0, 0.1) is 17.6 Å². The SMILES string of the molecule is NC1CCCC1CCOc1cccc(F)c1F. The van der Waals surface area contributed by atoms with E-state index in [9.17, 15) is 8.78 Å². The van der Waals surface area contributed by atoms with Crippen LogP contribution in [0.5, 0.6) is 5.75 Å². The molecule has 0 saturated heterocycles. The van der Waals surface area contributed by atoms with Crippen LogP contribution in [0.1, 0.15) is 25.7 Å². The molecule has 0 bridgehead atoms. The minimum absolute atomic E-state index is 0.0171. The second-order valence-electron chi connectivity index (χ2n) is 4.54. The van der Waals surface area contributed by atoms with Crippen LogP contribution < -0.4 is 10.5 Å². The quantitative estimate of drug-likeness (QED) is 0.879. The lowest BCUT2D eigenvalue weighted by Gasteiger charge is -2.15. The average Bonchev–Trinajstić information content (AvgIpc) is 2.71. The van der Waals surface area contributed by atoms with Crippen molar-refractivity contribution in [3.05, 3.63) is 29.8 Å². The lowest BCUT2D eigenvalue weighted by molar-refractivity contribution is 0.257. The van der Waals surface area contributed by atoms with Crippen LogP contribution >= 0.6 is 0 Å². The fourth-order valence-corrected chi connectivity index (χ4v) is 2.34. The first-order chi connectivity index (χ1) is 8.18. The summed E-state index contributed by atoms with van der Waals surface area (Å²) in [6.07, 6.45) is 4.12. The third-order valence-electron chi connectivity index (χ3n) is 3.38. The van der Waals surface area contributed by atoms with Crippen molar-refractivity contribution in [2.24, 2.45) is 11.7 Å². The first-order valence-corrected chi connectivity index (χ1v) is 6.01. The molecule has 1 fully saturated rings. The van der Waals surface area contributed by atoms with Gasteiger partial charge in [-0.15, -0.1) is 0 Å². The summed E-state index contributed by atoms with van der Waals surface area (Å²) in [5, 5.41) is 0. The van der Waals surface area contributed by atoms with Gasteiger partial charge in [-0.1, -0.05) is 12.5 Å². The van der Waals surface area contributed by atoms with Crippen LogP contribution in [0.3, 0.4) is 0 Å². The van der Waals surface area contributed by atoms with Crippen LogP contribution in [0.15, 0.2) is 18.2 Å². The van der Waals surface area contributed by atoms with E-state index in [-0.39, 0.29) is 11.8 Å². The Morgan fingerprint density at radius 1 is 1.29 bits per heavy atom. The highest BCUT2D eigenvalue weighted by molar-refractivity contribution is 5.24. The molecule has 1 aromatic carbocycles. The molecule has 0 aromatic heterocycles. The second kappa shape index (κ2) is 5.45. The Balaban J connectivity index is 1.84. The first kappa shape index (κ1) is 12.3. The van der Waals surface area contributed by atoms with Gasteiger partial charge in [0.1, 0.15) is 0 Å². The molecule has 1 aromatic rings. The monoisotopic (exact) mass is 241 g/mol. The molecule has 0 aliphatic heterocycles. The maximum absolute atomic E-state index is 13.3. The lowest BCUT2D eigenvalue weighted by Crippen LogP contribution is -2.25. The van der Waals surface area contributed by atoms with E-state index in [2.05, 4.69) is 0 Å². The summed E-state index contributed by atoms with van der Waals surface area (Å²) < 4.78 is 31.4. The Morgan fingerprint density at radius 2 is 2.12 bits per heavy atom. The Hall–Kier alpha value is -1.16. The number of hydrogen-bond donors (Lipinski definition) is 1. The van der Waals surface area contributed by atoms with Gasteiger partial charge in [0.05, 0.1) is 6.61 Å². The van der Waals surface area contributed by atoms with Gasteiger partial charge in [-0.2, -0.15) is 4.39 Å². The molecule has 1 saturated carbocycles. The van der Waals surface area contributed by atoms with Gasteiger partial charge in [0.15, 0.2) is 11.6 Å². The summed E-state index contributed by atoms with van der Waals surface area (Å²) in [4.78, 5) is 0. The van der Waals surface area contributed by atoms with Gasteiger partial charge < -0.3 is 10.5 Å². The zero-order valence-corrected chi connectivity index (χ0v) is 9.66. The Morgan fingerprint density at radius 3 is 2.82 bits per heavy atom. The highest BCUT2D eigenvalue weighted by Gasteiger charge is 2.23. The van der Waals surface area contributed by atoms with E-state index in [1.807, 2.05) is 0 Å². The standard InChI is InChI=1S/C13H17F2NO/c14-10-4-2-6-12(13(10)15)17-8-7-9-3-1-5-11(9)16/h2,4,6,9,11H,1,3,5,7-8,16H2. The molecule has 0 amide bonds. The Kier molecular flexibility index (Phi) is 3.94. The van der Waals surface area contributed by atoms with Gasteiger partial charge >= 0.3 is 0 Å². The molecule has 4 heteroatoms. The molecule has 1 aliphatic carbocycles. The normalized spacial score (nSPS) is 23.9. The van der Waals surface area contributed by atoms with Crippen molar-refractivity contribution in [1.29, 1.82) is 0 Å². The molecule has 2 atom stereocenters. The van der Waals surface area contributed by atoms with Gasteiger partial charge in [-0.25, -0.2) is 4.39 Å². The predicted octanol–water partition coefficient (Wildman–Crippen LogP) is 2.86. The molecular formula is C13H17F2NO. The van der Waals surface area contributed by atoms with Crippen molar-refractivity contribution in [2.45, 2.75) is 31.7 Å². The molecule has 0 heterocycles. The van der Waals surface area contributed by atoms with Crippen molar-refractivity contribution < 1.29 is 13.5 Å². The number of ether oxygens (including phenoxy) is 1. The van der Waals surface area contributed by atoms with E-state index in [0.29, 0.717) is 12.5 Å². The van der Waals surface area contributed by atoms with E-state index >= 15 is 0 Å². The van der Waals surface area contributed by atoms with E-state index in [4.69, 9.17) is 10.5 Å². The van der Waals surface area contributed by atoms with Crippen molar-refractivity contribution in [3.63, 3.8) is 0 Å². The Labute approximate surface area is 99.8 Å². The third kappa shape index (κ3) is 2.94. The van der Waals surface area contributed by atoms with Gasteiger partial charge in [-0.3, -0.25) is 0 Å². The first-order valence-electron chi connectivity index (χ1n) is 6.01. The summed E-state index contributed by atoms with van der Waals surface area (Å²) in [6.45, 7) is 0.388. The van der Waals surface area contributed by atoms with Crippen LogP contribution in [0.4, 0.5) is 8.78 Å². The van der Waals surface area contributed by atoms with E-state index in [1.165, 1.54) is 12.1 Å². The predicted molar refractivity (Wildman–Crippen MR) is 61.8 cm³/mol. The minimum Gasteiger partial charge on any atom is -0.490 e. The molecule has 2 N–H and O–H groups in total. The molecule has 0 radical (unpaired) electrons. The summed E-state index contributed by atoms with van der Waals surface area (Å²) >= 11 is 0. The number of rotatable bonds is 4. The van der Waals surface area contributed by atoms with E-state index in [0.717, 1.165) is 31.7 Å². The largest absolute Gasteiger partial charge is 0.490 e. The Bertz CT molecular complexity index is 384. The molecular weight excluding hydrogens is 224 g/mol. The van der Waals surface area contributed by atoms with Crippen molar-refractivity contribution in [2.75, 3.05) is 6.61 Å². The molecule has 17 heavy (non-hydrogen) atoms. The summed E-state index contributed by atoms with van der Waals surface area (Å²) in [6, 6.07) is 4.19. The van der Waals surface area contributed by atoms with Gasteiger partial charge in [-0.05, 0) is 37.3 Å². The summed E-state index contributed by atoms with van der Waals surface area (Å²) in [7, 11) is 0. The van der Waals surface area contributed by atoms with Gasteiger partial charge in [0.25, 0.3) is 0 Å². The number of benzene rings is 1. The van der Waals surface area contributed by atoms with Crippen molar-refractivity contribution >= 4 is 0 Å². The molecule has 0 spiro atoms. The molecule has 2 nitrogen and oxygen atoms in total. The molecule has 94 valence electrons. The molecule has 2 unspecified atom stereocenters. The molecule has 1 aliphatic rings. The maximum atomic E-state index is 13.3. The fourth-order valence-electron chi connectivity index (χ4n) is 2.34. The van der Waals surface area contributed by atoms with E-state index in [1.54, 1.807) is 0 Å². The molecule has 2 rings (SSSR count). The number of hydrogen-bond acceptors (Lipinski definition) is 2. The summed E-state index contributed by atoms with van der Waals surface area (Å²) in [5.41, 5.74) is 5.92. The van der Waals surface area contributed by atoms with E-state index < -0.39 is 11.6 Å². The summed E-state index contributed by atoms with van der Waals surface area (Å²) in [5.74, 6) is -1.36. The topological polar surface area (TPSA) is 35.2 Å². The minimum atomic E-state index is -0.914. The van der Waals surface area contributed by atoms with Crippen LogP contribution in [-0.4, -0.2) is 12.6 Å². The van der Waals surface area contributed by atoms with Crippen LogP contribution in [0.2, 0.25) is 0 Å². The lowest BCUT2D eigenvalue weighted by atomic mass is 10.0. The van der Waals surface area contributed by atoms with Crippen LogP contribution in [-0.2, 0) is 0 Å². The fraction of sp³-hybridized carbons (Fsp3) is 0.538. The van der Waals surface area contributed by atoms with Gasteiger partial charge in [0, 0.05) is 6.04 Å². The third-order valence-corrected chi connectivity index (χ3v) is 3.38. The average molecular weight is 241 g/mol. The second-order valence-corrected chi connectivity index (χ2v) is 4.54. The highest BCUT2D eigenvalue weighted by Crippen LogP contribution is 2.27. The van der Waals surface area contributed by atoms with Crippen molar-refractivity contribution in [3.8, 4) is 5.75 Å².